The van der Waals surface area contributed by atoms with Crippen molar-refractivity contribution in [2.45, 2.75) is 0 Å². The van der Waals surface area contributed by atoms with Gasteiger partial charge in [-0.15, -0.1) is 9.24 Å². The van der Waals surface area contributed by atoms with Crippen molar-refractivity contribution in [3.05, 3.63) is 42.5 Å². The van der Waals surface area contributed by atoms with E-state index in [9.17, 15) is 0 Å². The van der Waals surface area contributed by atoms with E-state index in [2.05, 4.69) is 15.3 Å². The molecule has 0 saturated heterocycles. The number of hydrogen-bond donors (Lipinski definition) is 0. The van der Waals surface area contributed by atoms with Crippen molar-refractivity contribution in [3.8, 4) is 22.6 Å². The van der Waals surface area contributed by atoms with E-state index in [1.54, 1.807) is 14.2 Å². The Morgan fingerprint density at radius 1 is 0.765 bits per heavy atom. The molecule has 0 amide bonds. The fraction of sp³-hybridized carbons (Fsp3) is 0.143. The maximum Gasteiger partial charge on any atom is 0.126 e. The molecule has 0 aliphatic carbocycles. The van der Waals surface area contributed by atoms with Gasteiger partial charge < -0.3 is 9.47 Å². The second kappa shape index (κ2) is 5.20. The van der Waals surface area contributed by atoms with Crippen LogP contribution in [0.4, 0.5) is 0 Å². The lowest BCUT2D eigenvalue weighted by Crippen LogP contribution is -2.03. The summed E-state index contributed by atoms with van der Waals surface area (Å²) in [6.45, 7) is 0. The maximum absolute atomic E-state index is 5.38. The first-order chi connectivity index (χ1) is 8.27. The number of para-hydroxylation sites is 1. The minimum absolute atomic E-state index is 0.860. The third kappa shape index (κ3) is 2.27. The molecule has 2 nitrogen and oxygen atoms in total. The standard InChI is InChI=1S/C14H15O2P/c1-15-12-8-4-3-6-10(12)11-7-5-9-13(16-2)14(11)17/h3-9H,17H2,1-2H3. The van der Waals surface area contributed by atoms with Crippen LogP contribution in [0.1, 0.15) is 0 Å². The van der Waals surface area contributed by atoms with Gasteiger partial charge in [-0.25, -0.2) is 0 Å². The molecule has 0 aliphatic rings. The summed E-state index contributed by atoms with van der Waals surface area (Å²) in [5, 5.41) is 1.04. The molecule has 1 unspecified atom stereocenters. The third-order valence-corrected chi connectivity index (χ3v) is 3.28. The van der Waals surface area contributed by atoms with Crippen LogP contribution in [0, 0.1) is 0 Å². The van der Waals surface area contributed by atoms with Gasteiger partial charge in [0.15, 0.2) is 0 Å². The molecular formula is C14H15O2P. The second-order valence-electron chi connectivity index (χ2n) is 3.62. The van der Waals surface area contributed by atoms with Crippen molar-refractivity contribution in [2.75, 3.05) is 14.2 Å². The molecule has 0 bridgehead atoms. The zero-order chi connectivity index (χ0) is 12.3. The number of benzene rings is 2. The summed E-state index contributed by atoms with van der Waals surface area (Å²) in [6.07, 6.45) is 0. The average Bonchev–Trinajstić information content (AvgIpc) is 2.39. The topological polar surface area (TPSA) is 18.5 Å². The first-order valence-electron chi connectivity index (χ1n) is 5.33. The highest BCUT2D eigenvalue weighted by Gasteiger charge is 2.10. The molecule has 0 aromatic heterocycles. The Labute approximate surface area is 104 Å². The van der Waals surface area contributed by atoms with Crippen molar-refractivity contribution in [3.63, 3.8) is 0 Å². The van der Waals surface area contributed by atoms with Crippen LogP contribution in [-0.2, 0) is 0 Å². The minimum atomic E-state index is 0.860. The average molecular weight is 246 g/mol. The van der Waals surface area contributed by atoms with Gasteiger partial charge in [-0.2, -0.15) is 0 Å². The Hall–Kier alpha value is -1.53. The molecule has 0 aliphatic heterocycles. The summed E-state index contributed by atoms with van der Waals surface area (Å²) in [4.78, 5) is 0. The van der Waals surface area contributed by atoms with Crippen LogP contribution in [0.25, 0.3) is 11.1 Å². The zero-order valence-corrected chi connectivity index (χ0v) is 11.1. The zero-order valence-electron chi connectivity index (χ0n) is 9.94. The predicted molar refractivity (Wildman–Crippen MR) is 74.3 cm³/mol. The molecule has 0 heterocycles. The highest BCUT2D eigenvalue weighted by atomic mass is 31.0. The minimum Gasteiger partial charge on any atom is -0.496 e. The van der Waals surface area contributed by atoms with Crippen molar-refractivity contribution in [2.24, 2.45) is 0 Å². The number of ether oxygens (including phenoxy) is 2. The van der Waals surface area contributed by atoms with Gasteiger partial charge in [0, 0.05) is 10.9 Å². The van der Waals surface area contributed by atoms with Crippen LogP contribution in [0.5, 0.6) is 11.5 Å². The van der Waals surface area contributed by atoms with Gasteiger partial charge in [0.25, 0.3) is 0 Å². The van der Waals surface area contributed by atoms with Gasteiger partial charge in [0.2, 0.25) is 0 Å². The Bertz CT molecular complexity index is 523. The van der Waals surface area contributed by atoms with E-state index in [-0.39, 0.29) is 0 Å². The molecule has 0 fully saturated rings. The fourth-order valence-electron chi connectivity index (χ4n) is 1.82. The van der Waals surface area contributed by atoms with E-state index < -0.39 is 0 Å². The van der Waals surface area contributed by atoms with E-state index in [4.69, 9.17) is 9.47 Å². The van der Waals surface area contributed by atoms with Gasteiger partial charge in [-0.1, -0.05) is 30.3 Å². The van der Waals surface area contributed by atoms with Crippen LogP contribution >= 0.6 is 9.24 Å². The van der Waals surface area contributed by atoms with Crippen LogP contribution in [0.2, 0.25) is 0 Å². The summed E-state index contributed by atoms with van der Waals surface area (Å²) in [5.74, 6) is 1.72. The highest BCUT2D eigenvalue weighted by molar-refractivity contribution is 7.28. The summed E-state index contributed by atoms with van der Waals surface area (Å²) in [6, 6.07) is 13.9. The quantitative estimate of drug-likeness (QED) is 0.775. The molecule has 1 atom stereocenters. The van der Waals surface area contributed by atoms with Crippen LogP contribution in [-0.4, -0.2) is 14.2 Å². The number of hydrogen-bond acceptors (Lipinski definition) is 2. The van der Waals surface area contributed by atoms with Crippen molar-refractivity contribution >= 4 is 14.5 Å². The predicted octanol–water partition coefficient (Wildman–Crippen LogP) is 2.87. The maximum atomic E-state index is 5.38. The lowest BCUT2D eigenvalue weighted by Gasteiger charge is -2.13. The summed E-state index contributed by atoms with van der Waals surface area (Å²) in [7, 11) is 6.08. The number of methoxy groups -OCH3 is 2. The van der Waals surface area contributed by atoms with E-state index in [0.717, 1.165) is 27.9 Å². The van der Waals surface area contributed by atoms with E-state index >= 15 is 0 Å². The summed E-state index contributed by atoms with van der Waals surface area (Å²) >= 11 is 0. The Kier molecular flexibility index (Phi) is 3.65. The SMILES string of the molecule is COc1ccccc1-c1cccc(OC)c1P. The van der Waals surface area contributed by atoms with Crippen LogP contribution in [0.3, 0.4) is 0 Å². The molecule has 3 heteroatoms. The van der Waals surface area contributed by atoms with Gasteiger partial charge >= 0.3 is 0 Å². The van der Waals surface area contributed by atoms with E-state index in [0.29, 0.717) is 0 Å². The summed E-state index contributed by atoms with van der Waals surface area (Å²) in [5.41, 5.74) is 2.17. The molecule has 2 aromatic rings. The lowest BCUT2D eigenvalue weighted by atomic mass is 10.0. The van der Waals surface area contributed by atoms with Gasteiger partial charge in [0.1, 0.15) is 11.5 Å². The first-order valence-corrected chi connectivity index (χ1v) is 5.91. The first kappa shape index (κ1) is 11.9. The molecule has 0 spiro atoms. The van der Waals surface area contributed by atoms with Crippen LogP contribution in [0.15, 0.2) is 42.5 Å². The third-order valence-electron chi connectivity index (χ3n) is 2.68. The molecule has 17 heavy (non-hydrogen) atoms. The Balaban J connectivity index is 2.60. The van der Waals surface area contributed by atoms with Crippen molar-refractivity contribution < 1.29 is 9.47 Å². The molecule has 2 rings (SSSR count). The highest BCUT2D eigenvalue weighted by Crippen LogP contribution is 2.31. The Morgan fingerprint density at radius 2 is 1.35 bits per heavy atom. The van der Waals surface area contributed by atoms with Crippen molar-refractivity contribution in [1.29, 1.82) is 0 Å². The molecule has 88 valence electrons. The largest absolute Gasteiger partial charge is 0.496 e. The van der Waals surface area contributed by atoms with Gasteiger partial charge in [-0.3, -0.25) is 0 Å². The summed E-state index contributed by atoms with van der Waals surface area (Å²) < 4.78 is 10.7. The normalized spacial score (nSPS) is 10.1. The second-order valence-corrected chi connectivity index (χ2v) is 4.20. The number of rotatable bonds is 3. The monoisotopic (exact) mass is 246 g/mol. The smallest absolute Gasteiger partial charge is 0.126 e. The lowest BCUT2D eigenvalue weighted by molar-refractivity contribution is 0.415. The van der Waals surface area contributed by atoms with E-state index in [1.165, 1.54) is 0 Å². The van der Waals surface area contributed by atoms with Gasteiger partial charge in [0.05, 0.1) is 14.2 Å². The molecular weight excluding hydrogens is 231 g/mol. The molecule has 0 N–H and O–H groups in total. The molecule has 2 aromatic carbocycles. The Morgan fingerprint density at radius 3 is 2.06 bits per heavy atom. The van der Waals surface area contributed by atoms with E-state index in [1.807, 2.05) is 36.4 Å². The van der Waals surface area contributed by atoms with Gasteiger partial charge in [-0.05, 0) is 17.7 Å². The van der Waals surface area contributed by atoms with Crippen molar-refractivity contribution in [1.82, 2.24) is 0 Å². The fourth-order valence-corrected chi connectivity index (χ4v) is 2.29. The van der Waals surface area contributed by atoms with Crippen LogP contribution < -0.4 is 14.8 Å². The molecule has 0 radical (unpaired) electrons. The molecule has 0 saturated carbocycles.